The van der Waals surface area contributed by atoms with E-state index in [1.807, 2.05) is 99.3 Å². The molecule has 0 radical (unpaired) electrons. The van der Waals surface area contributed by atoms with E-state index in [1.165, 1.54) is 50.9 Å². The predicted molar refractivity (Wildman–Crippen MR) is 363 cm³/mol. The Morgan fingerprint density at radius 3 is 1.34 bits per heavy atom. The van der Waals surface area contributed by atoms with Crippen molar-refractivity contribution < 1.29 is 55.3 Å². The van der Waals surface area contributed by atoms with Crippen molar-refractivity contribution in [3.8, 4) is 34.0 Å². The number of rotatable bonds is 24. The number of fused-ring (bicyclic) bond motifs is 10. The minimum Gasteiger partial charge on any atom is -0.497 e. The van der Waals surface area contributed by atoms with Gasteiger partial charge in [-0.05, 0) is 193 Å². The second-order valence-electron chi connectivity index (χ2n) is 26.3. The molecule has 20 nitrogen and oxygen atoms in total. The number of hydrogen-bond acceptors (Lipinski definition) is 13. The highest BCUT2D eigenvalue weighted by Crippen LogP contribution is 2.49. The number of likely N-dealkylation sites (N-methyl/N-ethyl adjacent to an activating group) is 4. The molecule has 4 aromatic carbocycles. The number of ketones is 2. The first-order chi connectivity index (χ1) is 43.6. The van der Waals surface area contributed by atoms with Crippen LogP contribution in [0.15, 0.2) is 83.9 Å². The Kier molecular flexibility index (Phi) is 22.2. The molecular formula is C70H92N8O12S2. The maximum absolute atomic E-state index is 14.0. The number of methoxy groups -OCH3 is 2. The Morgan fingerprint density at radius 2 is 0.957 bits per heavy atom. The lowest BCUT2D eigenvalue weighted by atomic mass is 9.81. The number of benzene rings is 4. The van der Waals surface area contributed by atoms with E-state index in [0.717, 1.165) is 108 Å². The standard InChI is InChI=1S/C37H50N4O6S.C33H42N4O6S/c1-37(2,3)47-36(43)26-14-16-31-32(23-26)41-24-28(33(42)13-10-18-39(4)19-20-40(5)48(38,44)45)21-27-22-29(46-6)15-17-30(27)35(41)34(31)25-11-8-7-9-12-25;1-35(16-17-36(2)44(34,41)42)15-7-10-30(38)25-18-24-19-26(43-3)12-14-27(24)32-31(22-8-5-4-6-9-22)28-13-11-23(33(39)40)20-29(28)37(32)21-25/h14-17,21-23,25H,7-13,18-20,24H2,1-6H3,(H2,38,44,45);11-14,18-20,22H,4-10,15-17,21H2,1-3H3,(H,39,40)(H2,34,41,42). The third kappa shape index (κ3) is 16.5. The van der Waals surface area contributed by atoms with Crippen molar-refractivity contribution in [2.45, 2.75) is 141 Å². The van der Waals surface area contributed by atoms with Gasteiger partial charge in [0.05, 0.1) is 49.8 Å². The molecule has 0 amide bonds. The number of carboxylic acids is 1. The number of Topliss-reactive ketones (excluding diaryl/α,β-unsaturated/α-hetero) is 2. The average molecular weight is 1300 g/mol. The molecule has 92 heavy (non-hydrogen) atoms. The predicted octanol–water partition coefficient (Wildman–Crippen LogP) is 11.0. The average Bonchev–Trinajstić information content (AvgIpc) is 1.58. The lowest BCUT2D eigenvalue weighted by Crippen LogP contribution is -2.38. The molecule has 6 aromatic rings. The maximum atomic E-state index is 14.0. The minimum absolute atomic E-state index is 0.0251. The smallest absolute Gasteiger partial charge is 0.338 e. The number of nitrogens with zero attached hydrogens (tertiary/aromatic N) is 6. The zero-order valence-corrected chi connectivity index (χ0v) is 56.5. The van der Waals surface area contributed by atoms with Crippen LogP contribution in [0.25, 0.3) is 56.5 Å². The first kappa shape index (κ1) is 69.3. The molecule has 0 unspecified atom stereocenters. The van der Waals surface area contributed by atoms with Crippen molar-refractivity contribution >= 4 is 77.9 Å². The highest BCUT2D eigenvalue weighted by Gasteiger charge is 2.34. The summed E-state index contributed by atoms with van der Waals surface area (Å²) in [5.74, 6) is 0.882. The first-order valence-corrected chi connectivity index (χ1v) is 35.1. The number of aromatic nitrogens is 2. The summed E-state index contributed by atoms with van der Waals surface area (Å²) in [7, 11) is 2.50. The normalized spacial score (nSPS) is 15.6. The Hall–Kier alpha value is -7.02. The lowest BCUT2D eigenvalue weighted by Gasteiger charge is -2.24. The van der Waals surface area contributed by atoms with E-state index in [9.17, 15) is 41.1 Å². The van der Waals surface area contributed by atoms with Gasteiger partial charge in [-0.1, -0.05) is 50.7 Å². The van der Waals surface area contributed by atoms with Crippen LogP contribution < -0.4 is 19.8 Å². The monoisotopic (exact) mass is 1300 g/mol. The topological polar surface area (TPSA) is 259 Å². The number of hydrogen-bond donors (Lipinski definition) is 3. The number of allylic oxidation sites excluding steroid dienone is 2. The molecule has 5 N–H and O–H groups in total. The minimum atomic E-state index is -3.73. The van der Waals surface area contributed by atoms with E-state index in [2.05, 4.69) is 27.3 Å². The van der Waals surface area contributed by atoms with Gasteiger partial charge in [0.1, 0.15) is 17.1 Å². The Balaban J connectivity index is 0.000000218. The number of carboxylic acid groups (broad SMARTS) is 1. The Morgan fingerprint density at radius 1 is 0.554 bits per heavy atom. The van der Waals surface area contributed by atoms with Gasteiger partial charge in [-0.2, -0.15) is 25.4 Å². The molecule has 4 aliphatic rings. The van der Waals surface area contributed by atoms with Gasteiger partial charge in [0, 0.05) is 97.2 Å². The van der Waals surface area contributed by atoms with Gasteiger partial charge < -0.3 is 38.3 Å². The summed E-state index contributed by atoms with van der Waals surface area (Å²) in [4.78, 5) is 57.0. The van der Waals surface area contributed by atoms with Crippen molar-refractivity contribution in [2.24, 2.45) is 10.3 Å². The summed E-state index contributed by atoms with van der Waals surface area (Å²) in [6.45, 7) is 9.08. The molecular weight excluding hydrogens is 1210 g/mol. The Labute approximate surface area is 542 Å². The molecule has 0 saturated heterocycles. The van der Waals surface area contributed by atoms with Gasteiger partial charge in [-0.3, -0.25) is 9.59 Å². The van der Waals surface area contributed by atoms with E-state index in [0.29, 0.717) is 99.2 Å². The second kappa shape index (κ2) is 29.5. The van der Waals surface area contributed by atoms with E-state index >= 15 is 0 Å². The molecule has 2 aliphatic carbocycles. The first-order valence-electron chi connectivity index (χ1n) is 32.1. The second-order valence-corrected chi connectivity index (χ2v) is 29.6. The van der Waals surface area contributed by atoms with E-state index in [4.69, 9.17) is 24.5 Å². The SMILES string of the molecule is COc1ccc2c(c1)C=C(C(=O)CCCN(C)CCN(C)S(N)(=O)=O)Cn1c-2c(C2CCCCC2)c2ccc(C(=O)O)cc21.COc1ccc2c(c1)C=C(C(=O)CCCN(C)CCN(C)S(N)(=O)=O)Cn1c-2c(C2CCCCC2)c2ccc(C(=O)OC(C)(C)C)cc21. The maximum Gasteiger partial charge on any atom is 0.338 e. The Bertz CT molecular complexity index is 4040. The molecule has 2 fully saturated rings. The van der Waals surface area contributed by atoms with Gasteiger partial charge in [-0.15, -0.1) is 0 Å². The van der Waals surface area contributed by atoms with Crippen LogP contribution in [0.4, 0.5) is 0 Å². The van der Waals surface area contributed by atoms with Crippen LogP contribution in [-0.4, -0.2) is 160 Å². The van der Waals surface area contributed by atoms with Gasteiger partial charge in [0.2, 0.25) is 0 Å². The summed E-state index contributed by atoms with van der Waals surface area (Å²) in [5.41, 5.74) is 11.8. The zero-order chi connectivity index (χ0) is 66.4. The van der Waals surface area contributed by atoms with Crippen LogP contribution in [0, 0.1) is 0 Å². The van der Waals surface area contributed by atoms with E-state index in [1.54, 1.807) is 26.4 Å². The van der Waals surface area contributed by atoms with Crippen LogP contribution in [0.5, 0.6) is 11.5 Å². The van der Waals surface area contributed by atoms with E-state index < -0.39 is 32.0 Å². The van der Waals surface area contributed by atoms with Crippen molar-refractivity contribution in [3.05, 3.63) is 117 Å². The summed E-state index contributed by atoms with van der Waals surface area (Å²) in [6.07, 6.45) is 17.4. The summed E-state index contributed by atoms with van der Waals surface area (Å²) >= 11 is 0. The van der Waals surface area contributed by atoms with Crippen LogP contribution in [0.3, 0.4) is 0 Å². The number of nitrogens with two attached hydrogens (primary N) is 2. The van der Waals surface area contributed by atoms with Crippen molar-refractivity contribution in [1.29, 1.82) is 0 Å². The molecule has 4 heterocycles. The zero-order valence-electron chi connectivity index (χ0n) is 54.9. The molecule has 0 bridgehead atoms. The molecule has 2 saturated carbocycles. The van der Waals surface area contributed by atoms with Crippen molar-refractivity contribution in [2.75, 3.05) is 81.7 Å². The van der Waals surface area contributed by atoms with Crippen LogP contribution in [0.1, 0.15) is 165 Å². The number of esters is 1. The van der Waals surface area contributed by atoms with E-state index in [-0.39, 0.29) is 36.2 Å². The number of carbonyl (C=O) groups excluding carboxylic acids is 3. The number of carbonyl (C=O) groups is 4. The fourth-order valence-electron chi connectivity index (χ4n) is 13.5. The molecule has 0 atom stereocenters. The number of aromatic carboxylic acids is 1. The highest BCUT2D eigenvalue weighted by atomic mass is 32.2. The van der Waals surface area contributed by atoms with Gasteiger partial charge in [-0.25, -0.2) is 19.9 Å². The van der Waals surface area contributed by atoms with Crippen LogP contribution >= 0.6 is 0 Å². The molecule has 2 aliphatic heterocycles. The highest BCUT2D eigenvalue weighted by molar-refractivity contribution is 7.87. The summed E-state index contributed by atoms with van der Waals surface area (Å²) in [5, 5.41) is 22.4. The third-order valence-electron chi connectivity index (χ3n) is 18.5. The molecule has 496 valence electrons. The molecule has 0 spiro atoms. The summed E-state index contributed by atoms with van der Waals surface area (Å²) in [6, 6.07) is 23.3. The molecule has 22 heteroatoms. The van der Waals surface area contributed by atoms with Gasteiger partial charge in [0.15, 0.2) is 11.6 Å². The quantitative estimate of drug-likeness (QED) is 0.0476. The lowest BCUT2D eigenvalue weighted by molar-refractivity contribution is -0.116. The van der Waals surface area contributed by atoms with Gasteiger partial charge in [0.25, 0.3) is 20.4 Å². The van der Waals surface area contributed by atoms with Gasteiger partial charge >= 0.3 is 11.9 Å². The molecule has 2 aromatic heterocycles. The molecule has 10 rings (SSSR count). The third-order valence-corrected chi connectivity index (χ3v) is 20.6. The number of ether oxygens (including phenoxy) is 3. The fraction of sp³-hybridized carbons (Fsp3) is 0.486. The fourth-order valence-corrected chi connectivity index (χ4v) is 14.1. The van der Waals surface area contributed by atoms with Crippen molar-refractivity contribution in [3.63, 3.8) is 0 Å². The summed E-state index contributed by atoms with van der Waals surface area (Å²) < 4.78 is 69.6. The van der Waals surface area contributed by atoms with Crippen LogP contribution in [0.2, 0.25) is 0 Å². The van der Waals surface area contributed by atoms with Crippen molar-refractivity contribution in [1.82, 2.24) is 27.5 Å². The van der Waals surface area contributed by atoms with Crippen LogP contribution in [-0.2, 0) is 47.8 Å². The largest absolute Gasteiger partial charge is 0.497 e.